The van der Waals surface area contributed by atoms with Crippen LogP contribution in [0, 0.1) is 17.3 Å². The molecule has 2 fully saturated rings. The van der Waals surface area contributed by atoms with Gasteiger partial charge in [-0.05, 0) is 23.0 Å². The molecule has 26 heavy (non-hydrogen) atoms. The molecule has 2 amide bonds. The van der Waals surface area contributed by atoms with Gasteiger partial charge in [0.05, 0.1) is 18.9 Å². The van der Waals surface area contributed by atoms with Crippen molar-refractivity contribution >= 4 is 41.0 Å². The van der Waals surface area contributed by atoms with Gasteiger partial charge in [0.1, 0.15) is 4.49 Å². The van der Waals surface area contributed by atoms with Gasteiger partial charge < -0.3 is 4.74 Å². The molecule has 0 N–H and O–H groups in total. The fourth-order valence-corrected chi connectivity index (χ4v) is 3.74. The minimum atomic E-state index is -1.06. The van der Waals surface area contributed by atoms with E-state index in [1.807, 2.05) is 44.2 Å². The SMILES string of the molecule is CC1(C)C(C=C(Cl)Cl)C1C(=O)OC1CC(=O)N(Cc2ccccc2)C1=O. The van der Waals surface area contributed by atoms with Crippen LogP contribution in [0.5, 0.6) is 0 Å². The molecule has 0 aromatic heterocycles. The molecule has 1 saturated carbocycles. The Morgan fingerprint density at radius 1 is 1.27 bits per heavy atom. The van der Waals surface area contributed by atoms with Gasteiger partial charge in [-0.2, -0.15) is 0 Å². The Bertz CT molecular complexity index is 771. The van der Waals surface area contributed by atoms with E-state index in [0.29, 0.717) is 0 Å². The van der Waals surface area contributed by atoms with Gasteiger partial charge in [-0.15, -0.1) is 0 Å². The van der Waals surface area contributed by atoms with Crippen molar-refractivity contribution in [3.05, 3.63) is 46.5 Å². The molecule has 5 nitrogen and oxygen atoms in total. The summed E-state index contributed by atoms with van der Waals surface area (Å²) in [7, 11) is 0. The zero-order valence-corrected chi connectivity index (χ0v) is 16.0. The van der Waals surface area contributed by atoms with Gasteiger partial charge >= 0.3 is 5.97 Å². The molecular weight excluding hydrogens is 377 g/mol. The number of allylic oxidation sites excluding steroid dienone is 1. The largest absolute Gasteiger partial charge is 0.451 e. The molecule has 3 rings (SSSR count). The normalized spacial score (nSPS) is 26.6. The second kappa shape index (κ2) is 7.05. The van der Waals surface area contributed by atoms with Crippen LogP contribution in [0.25, 0.3) is 0 Å². The molecule has 1 aromatic carbocycles. The number of amides is 2. The van der Waals surface area contributed by atoms with Crippen molar-refractivity contribution in [3.8, 4) is 0 Å². The summed E-state index contributed by atoms with van der Waals surface area (Å²) in [6, 6.07) is 9.20. The third-order valence-corrected chi connectivity index (χ3v) is 5.37. The zero-order valence-electron chi connectivity index (χ0n) is 14.4. The maximum absolute atomic E-state index is 12.5. The van der Waals surface area contributed by atoms with Gasteiger partial charge in [0.25, 0.3) is 5.91 Å². The van der Waals surface area contributed by atoms with Gasteiger partial charge in [-0.25, -0.2) is 0 Å². The Hall–Kier alpha value is -1.85. The summed E-state index contributed by atoms with van der Waals surface area (Å²) in [6.45, 7) is 3.98. The summed E-state index contributed by atoms with van der Waals surface area (Å²) >= 11 is 11.4. The lowest BCUT2D eigenvalue weighted by Gasteiger charge is -2.15. The number of benzene rings is 1. The number of carbonyl (C=O) groups is 3. The zero-order chi connectivity index (χ0) is 19.1. The van der Waals surface area contributed by atoms with E-state index >= 15 is 0 Å². The van der Waals surface area contributed by atoms with Crippen LogP contribution in [0.4, 0.5) is 0 Å². The van der Waals surface area contributed by atoms with Crippen LogP contribution in [0.2, 0.25) is 0 Å². The first-order chi connectivity index (χ1) is 12.2. The molecular formula is C19H19Cl2NO4. The lowest BCUT2D eigenvalue weighted by molar-refractivity contribution is -0.158. The van der Waals surface area contributed by atoms with Crippen LogP contribution in [0.3, 0.4) is 0 Å². The Kier molecular flexibility index (Phi) is 5.13. The Morgan fingerprint density at radius 3 is 2.54 bits per heavy atom. The average molecular weight is 396 g/mol. The van der Waals surface area contributed by atoms with E-state index < -0.39 is 23.9 Å². The molecule has 1 aliphatic carbocycles. The van der Waals surface area contributed by atoms with Crippen molar-refractivity contribution in [2.75, 3.05) is 0 Å². The molecule has 0 radical (unpaired) electrons. The highest BCUT2D eigenvalue weighted by Gasteiger charge is 2.62. The molecule has 3 unspecified atom stereocenters. The number of ether oxygens (including phenoxy) is 1. The maximum Gasteiger partial charge on any atom is 0.310 e. The van der Waals surface area contributed by atoms with Gasteiger partial charge in [0.2, 0.25) is 5.91 Å². The highest BCUT2D eigenvalue weighted by atomic mass is 35.5. The molecule has 3 atom stereocenters. The molecule has 138 valence electrons. The summed E-state index contributed by atoms with van der Waals surface area (Å²) < 4.78 is 5.46. The summed E-state index contributed by atoms with van der Waals surface area (Å²) in [4.78, 5) is 38.3. The number of imide groups is 1. The number of hydrogen-bond acceptors (Lipinski definition) is 4. The minimum Gasteiger partial charge on any atom is -0.451 e. The molecule has 1 heterocycles. The third kappa shape index (κ3) is 3.64. The molecule has 7 heteroatoms. The molecule has 0 bridgehead atoms. The minimum absolute atomic E-state index is 0.0968. The first kappa shape index (κ1) is 18.9. The van der Waals surface area contributed by atoms with E-state index in [1.54, 1.807) is 6.08 Å². The van der Waals surface area contributed by atoms with E-state index in [0.717, 1.165) is 10.5 Å². The fraction of sp³-hybridized carbons (Fsp3) is 0.421. The van der Waals surface area contributed by atoms with Gasteiger partial charge in [0, 0.05) is 0 Å². The molecule has 1 aliphatic heterocycles. The second-order valence-electron chi connectivity index (χ2n) is 7.21. The highest BCUT2D eigenvalue weighted by Crippen LogP contribution is 2.60. The topological polar surface area (TPSA) is 63.7 Å². The van der Waals surface area contributed by atoms with Crippen molar-refractivity contribution < 1.29 is 19.1 Å². The van der Waals surface area contributed by atoms with Crippen LogP contribution in [0.1, 0.15) is 25.8 Å². The first-order valence-electron chi connectivity index (χ1n) is 8.33. The van der Waals surface area contributed by atoms with Crippen molar-refractivity contribution in [1.29, 1.82) is 0 Å². The number of nitrogens with zero attached hydrogens (tertiary/aromatic N) is 1. The summed E-state index contributed by atoms with van der Waals surface area (Å²) in [6.07, 6.45) is 0.422. The predicted molar refractivity (Wildman–Crippen MR) is 97.0 cm³/mol. The number of likely N-dealkylation sites (tertiary alicyclic amines) is 1. The van der Waals surface area contributed by atoms with Crippen LogP contribution in [-0.4, -0.2) is 28.8 Å². The van der Waals surface area contributed by atoms with Crippen LogP contribution >= 0.6 is 23.2 Å². The van der Waals surface area contributed by atoms with Crippen molar-refractivity contribution in [2.45, 2.75) is 32.9 Å². The number of halogens is 2. The van der Waals surface area contributed by atoms with Crippen molar-refractivity contribution in [3.63, 3.8) is 0 Å². The number of hydrogen-bond donors (Lipinski definition) is 0. The number of carbonyl (C=O) groups excluding carboxylic acids is 3. The van der Waals surface area contributed by atoms with Gasteiger partial charge in [0.15, 0.2) is 6.10 Å². The van der Waals surface area contributed by atoms with Crippen molar-refractivity contribution in [2.24, 2.45) is 17.3 Å². The highest BCUT2D eigenvalue weighted by molar-refractivity contribution is 6.55. The Labute approximate surface area is 161 Å². The smallest absolute Gasteiger partial charge is 0.310 e. The molecule has 1 saturated heterocycles. The van der Waals surface area contributed by atoms with E-state index in [4.69, 9.17) is 27.9 Å². The first-order valence-corrected chi connectivity index (χ1v) is 9.09. The van der Waals surface area contributed by atoms with Crippen LogP contribution < -0.4 is 0 Å². The van der Waals surface area contributed by atoms with Crippen LogP contribution in [-0.2, 0) is 25.7 Å². The molecule has 0 spiro atoms. The van der Waals surface area contributed by atoms with Gasteiger partial charge in [-0.3, -0.25) is 19.3 Å². The lowest BCUT2D eigenvalue weighted by Crippen LogP contribution is -2.33. The van der Waals surface area contributed by atoms with E-state index in [9.17, 15) is 14.4 Å². The van der Waals surface area contributed by atoms with Crippen molar-refractivity contribution in [1.82, 2.24) is 4.90 Å². The van der Waals surface area contributed by atoms with Crippen LogP contribution in [0.15, 0.2) is 40.9 Å². The summed E-state index contributed by atoms with van der Waals surface area (Å²) in [5, 5.41) is 0. The average Bonchev–Trinajstić information content (AvgIpc) is 3.00. The monoisotopic (exact) mass is 395 g/mol. The molecule has 2 aliphatic rings. The van der Waals surface area contributed by atoms with E-state index in [1.165, 1.54) is 0 Å². The Morgan fingerprint density at radius 2 is 1.92 bits per heavy atom. The second-order valence-corrected chi connectivity index (χ2v) is 8.22. The van der Waals surface area contributed by atoms with Gasteiger partial charge in [-0.1, -0.05) is 67.4 Å². The number of rotatable bonds is 5. The summed E-state index contributed by atoms with van der Waals surface area (Å²) in [5.41, 5.74) is 0.494. The fourth-order valence-electron chi connectivity index (χ4n) is 3.47. The molecule has 1 aromatic rings. The van der Waals surface area contributed by atoms with E-state index in [-0.39, 0.29) is 34.7 Å². The maximum atomic E-state index is 12.5. The summed E-state index contributed by atoms with van der Waals surface area (Å²) in [5.74, 6) is -1.90. The number of esters is 1. The standard InChI is InChI=1S/C19H19Cl2NO4/c1-19(2)12(8-14(20)21)16(19)18(25)26-13-9-15(23)22(17(13)24)10-11-6-4-3-5-7-11/h3-8,12-13,16H,9-10H2,1-2H3. The Balaban J connectivity index is 1.64. The quantitative estimate of drug-likeness (QED) is 0.565. The lowest BCUT2D eigenvalue weighted by atomic mass is 10.1. The van der Waals surface area contributed by atoms with E-state index in [2.05, 4.69) is 0 Å². The predicted octanol–water partition coefficient (Wildman–Crippen LogP) is 3.45. The third-order valence-electron chi connectivity index (χ3n) is 5.11.